The molecule has 0 amide bonds. The number of ether oxygens (including phenoxy) is 1. The average Bonchev–Trinajstić information content (AvgIpc) is 2.39. The predicted octanol–water partition coefficient (Wildman–Crippen LogP) is 2.32. The maximum absolute atomic E-state index is 6.05. The molecule has 3 nitrogen and oxygen atoms in total. The lowest BCUT2D eigenvalue weighted by atomic mass is 10.1. The number of benzene rings is 1. The first-order valence-corrected chi connectivity index (χ1v) is 6.84. The summed E-state index contributed by atoms with van der Waals surface area (Å²) in [7, 11) is 1.96. The highest BCUT2D eigenvalue weighted by Gasteiger charge is 2.24. The van der Waals surface area contributed by atoms with E-state index >= 15 is 0 Å². The van der Waals surface area contributed by atoms with Crippen molar-refractivity contribution in [3.05, 3.63) is 34.9 Å². The summed E-state index contributed by atoms with van der Waals surface area (Å²) in [4.78, 5) is 2.46. The molecule has 0 aromatic heterocycles. The summed E-state index contributed by atoms with van der Waals surface area (Å²) in [5.74, 6) is 0. The van der Waals surface area contributed by atoms with Crippen molar-refractivity contribution >= 4 is 11.6 Å². The lowest BCUT2D eigenvalue weighted by molar-refractivity contribution is -0.0393. The highest BCUT2D eigenvalue weighted by atomic mass is 35.5. The molecule has 1 aliphatic heterocycles. The molecule has 0 radical (unpaired) electrons. The van der Waals surface area contributed by atoms with Crippen molar-refractivity contribution in [2.45, 2.75) is 19.1 Å². The molecular weight excluding hydrogens is 248 g/mol. The number of nitrogens with zero attached hydrogens (tertiary/aromatic N) is 1. The number of nitrogens with one attached hydrogen (secondary N) is 1. The topological polar surface area (TPSA) is 24.5 Å². The van der Waals surface area contributed by atoms with Crippen LogP contribution in [0.1, 0.15) is 18.5 Å². The Balaban J connectivity index is 2.02. The van der Waals surface area contributed by atoms with Gasteiger partial charge in [0.2, 0.25) is 0 Å². The third-order valence-corrected chi connectivity index (χ3v) is 3.72. The molecule has 0 bridgehead atoms. The standard InChI is InChI=1S/C14H21ClN2O/c1-11(12-4-3-5-13(15)8-12)17-6-7-18-14(10-17)9-16-2/h3-5,8,11,14,16H,6-7,9-10H2,1-2H3. The van der Waals surface area contributed by atoms with Gasteiger partial charge in [0.25, 0.3) is 0 Å². The lowest BCUT2D eigenvalue weighted by Gasteiger charge is -2.37. The van der Waals surface area contributed by atoms with Crippen molar-refractivity contribution in [3.63, 3.8) is 0 Å². The van der Waals surface area contributed by atoms with Crippen LogP contribution in [0.2, 0.25) is 5.02 Å². The summed E-state index contributed by atoms with van der Waals surface area (Å²) in [5, 5.41) is 3.98. The van der Waals surface area contributed by atoms with Gasteiger partial charge in [-0.15, -0.1) is 0 Å². The predicted molar refractivity (Wildman–Crippen MR) is 75.1 cm³/mol. The van der Waals surface area contributed by atoms with Gasteiger partial charge in [-0.3, -0.25) is 4.90 Å². The zero-order valence-electron chi connectivity index (χ0n) is 11.0. The number of hydrogen-bond donors (Lipinski definition) is 1. The number of rotatable bonds is 4. The minimum Gasteiger partial charge on any atom is -0.374 e. The second-order valence-corrected chi connectivity index (χ2v) is 5.21. The van der Waals surface area contributed by atoms with Crippen LogP contribution < -0.4 is 5.32 Å². The molecule has 100 valence electrons. The highest BCUT2D eigenvalue weighted by Crippen LogP contribution is 2.24. The first kappa shape index (κ1) is 13.8. The Morgan fingerprint density at radius 1 is 1.56 bits per heavy atom. The van der Waals surface area contributed by atoms with Crippen molar-refractivity contribution in [1.82, 2.24) is 10.2 Å². The molecule has 1 N–H and O–H groups in total. The summed E-state index contributed by atoms with van der Waals surface area (Å²) < 4.78 is 5.73. The Bertz CT molecular complexity index is 384. The Morgan fingerprint density at radius 3 is 3.11 bits per heavy atom. The van der Waals surface area contributed by atoms with Crippen LogP contribution in [0.15, 0.2) is 24.3 Å². The van der Waals surface area contributed by atoms with Gasteiger partial charge in [0, 0.05) is 30.7 Å². The van der Waals surface area contributed by atoms with Gasteiger partial charge >= 0.3 is 0 Å². The molecular formula is C14H21ClN2O. The van der Waals surface area contributed by atoms with Crippen molar-refractivity contribution in [1.29, 1.82) is 0 Å². The van der Waals surface area contributed by atoms with E-state index in [-0.39, 0.29) is 6.10 Å². The minimum absolute atomic E-state index is 0.283. The molecule has 18 heavy (non-hydrogen) atoms. The molecule has 0 spiro atoms. The first-order chi connectivity index (χ1) is 8.70. The maximum atomic E-state index is 6.05. The molecule has 4 heteroatoms. The van der Waals surface area contributed by atoms with Crippen LogP contribution in [-0.4, -0.2) is 44.3 Å². The highest BCUT2D eigenvalue weighted by molar-refractivity contribution is 6.30. The number of morpholine rings is 1. The molecule has 2 rings (SSSR count). The number of likely N-dealkylation sites (N-methyl/N-ethyl adjacent to an activating group) is 1. The molecule has 1 saturated heterocycles. The number of halogens is 1. The Morgan fingerprint density at radius 2 is 2.39 bits per heavy atom. The molecule has 2 atom stereocenters. The monoisotopic (exact) mass is 268 g/mol. The van der Waals surface area contributed by atoms with E-state index in [1.54, 1.807) is 0 Å². The molecule has 2 unspecified atom stereocenters. The Labute approximate surface area is 114 Å². The van der Waals surface area contributed by atoms with Crippen LogP contribution in [0.5, 0.6) is 0 Å². The van der Waals surface area contributed by atoms with Gasteiger partial charge in [-0.05, 0) is 31.7 Å². The van der Waals surface area contributed by atoms with Gasteiger partial charge in [-0.2, -0.15) is 0 Å². The van der Waals surface area contributed by atoms with Crippen molar-refractivity contribution in [3.8, 4) is 0 Å². The molecule has 1 aliphatic rings. The average molecular weight is 269 g/mol. The largest absolute Gasteiger partial charge is 0.374 e. The zero-order chi connectivity index (χ0) is 13.0. The molecule has 1 fully saturated rings. The van der Waals surface area contributed by atoms with Crippen molar-refractivity contribution in [2.75, 3.05) is 33.3 Å². The van der Waals surface area contributed by atoms with E-state index in [9.17, 15) is 0 Å². The fraction of sp³-hybridized carbons (Fsp3) is 0.571. The van der Waals surface area contributed by atoms with E-state index < -0.39 is 0 Å². The summed E-state index contributed by atoms with van der Waals surface area (Å²) >= 11 is 6.05. The van der Waals surface area contributed by atoms with Gasteiger partial charge in [-0.25, -0.2) is 0 Å². The lowest BCUT2D eigenvalue weighted by Crippen LogP contribution is -2.46. The zero-order valence-corrected chi connectivity index (χ0v) is 11.8. The summed E-state index contributed by atoms with van der Waals surface area (Å²) in [5.41, 5.74) is 1.27. The minimum atomic E-state index is 0.283. The molecule has 1 aromatic carbocycles. The third kappa shape index (κ3) is 3.45. The second-order valence-electron chi connectivity index (χ2n) is 4.78. The van der Waals surface area contributed by atoms with E-state index in [1.165, 1.54) is 5.56 Å². The van der Waals surface area contributed by atoms with Gasteiger partial charge in [0.15, 0.2) is 0 Å². The van der Waals surface area contributed by atoms with Crippen molar-refractivity contribution < 1.29 is 4.74 Å². The second kappa shape index (κ2) is 6.53. The maximum Gasteiger partial charge on any atom is 0.0826 e. The van der Waals surface area contributed by atoms with Gasteiger partial charge in [0.05, 0.1) is 12.7 Å². The van der Waals surface area contributed by atoms with Crippen molar-refractivity contribution in [2.24, 2.45) is 0 Å². The van der Waals surface area contributed by atoms with E-state index in [4.69, 9.17) is 16.3 Å². The van der Waals surface area contributed by atoms with Crippen LogP contribution in [-0.2, 0) is 4.74 Å². The summed E-state index contributed by atoms with van der Waals surface area (Å²) in [6.45, 7) is 5.88. The fourth-order valence-electron chi connectivity index (χ4n) is 2.42. The van der Waals surface area contributed by atoms with Crippen LogP contribution in [0.4, 0.5) is 0 Å². The molecule has 1 heterocycles. The van der Waals surface area contributed by atoms with Gasteiger partial charge in [0.1, 0.15) is 0 Å². The van der Waals surface area contributed by atoms with Gasteiger partial charge in [-0.1, -0.05) is 23.7 Å². The third-order valence-electron chi connectivity index (χ3n) is 3.48. The van der Waals surface area contributed by atoms with Crippen LogP contribution in [0, 0.1) is 0 Å². The van der Waals surface area contributed by atoms with Gasteiger partial charge < -0.3 is 10.1 Å². The van der Waals surface area contributed by atoms with E-state index in [1.807, 2.05) is 19.2 Å². The Hall–Kier alpha value is -0.610. The quantitative estimate of drug-likeness (QED) is 0.907. The number of hydrogen-bond acceptors (Lipinski definition) is 3. The summed E-state index contributed by atoms with van der Waals surface area (Å²) in [6, 6.07) is 8.50. The molecule has 0 aliphatic carbocycles. The molecule has 1 aromatic rings. The van der Waals surface area contributed by atoms with Crippen LogP contribution in [0.3, 0.4) is 0 Å². The van der Waals surface area contributed by atoms with E-state index in [0.717, 1.165) is 31.3 Å². The normalized spacial score (nSPS) is 22.9. The molecule has 0 saturated carbocycles. The first-order valence-electron chi connectivity index (χ1n) is 6.46. The van der Waals surface area contributed by atoms with E-state index in [2.05, 4.69) is 29.3 Å². The summed E-state index contributed by atoms with van der Waals surface area (Å²) in [6.07, 6.45) is 0.283. The Kier molecular flexibility index (Phi) is 5.01. The smallest absolute Gasteiger partial charge is 0.0826 e. The van der Waals surface area contributed by atoms with Crippen LogP contribution >= 0.6 is 11.6 Å². The van der Waals surface area contributed by atoms with E-state index in [0.29, 0.717) is 6.04 Å². The van der Waals surface area contributed by atoms with Crippen LogP contribution in [0.25, 0.3) is 0 Å². The SMILES string of the molecule is CNCC1CN(C(C)c2cccc(Cl)c2)CCO1. The fourth-order valence-corrected chi connectivity index (χ4v) is 2.62.